The summed E-state index contributed by atoms with van der Waals surface area (Å²) in [5.74, 6) is -3.44. The number of ether oxygens (including phenoxy) is 2. The molecule has 3 rings (SSSR count). The van der Waals surface area contributed by atoms with Gasteiger partial charge in [-0.05, 0) is 6.07 Å². The highest BCUT2D eigenvalue weighted by atomic mass is 16.7. The molecular weight excluding hydrogens is 274 g/mol. The number of amides is 1. The lowest BCUT2D eigenvalue weighted by Gasteiger charge is -2.30. The Hall–Kier alpha value is -2.63. The molecule has 2 aliphatic rings. The second-order valence-electron chi connectivity index (χ2n) is 5.31. The molecule has 0 aliphatic carbocycles. The lowest BCUT2D eigenvalue weighted by molar-refractivity contribution is -0.222. The SMILES string of the molecule is CN1C(=O)C(=C2C(=O)OC(C)(C)OC2=O)c2ccccc21. The van der Waals surface area contributed by atoms with E-state index in [-0.39, 0.29) is 11.1 Å². The minimum atomic E-state index is -1.33. The summed E-state index contributed by atoms with van der Waals surface area (Å²) in [6.45, 7) is 2.92. The summed E-state index contributed by atoms with van der Waals surface area (Å²) in [5.41, 5.74) is 0.832. The van der Waals surface area contributed by atoms with Crippen LogP contribution in [0.3, 0.4) is 0 Å². The molecule has 0 radical (unpaired) electrons. The summed E-state index contributed by atoms with van der Waals surface area (Å²) in [4.78, 5) is 38.0. The molecule has 6 heteroatoms. The number of likely N-dealkylation sites (N-methyl/N-ethyl adjacent to an activating group) is 1. The van der Waals surface area contributed by atoms with E-state index in [1.54, 1.807) is 31.3 Å². The second-order valence-corrected chi connectivity index (χ2v) is 5.31. The molecule has 21 heavy (non-hydrogen) atoms. The molecule has 108 valence electrons. The van der Waals surface area contributed by atoms with Crippen molar-refractivity contribution in [2.75, 3.05) is 11.9 Å². The van der Waals surface area contributed by atoms with E-state index in [0.717, 1.165) is 0 Å². The highest BCUT2D eigenvalue weighted by Gasteiger charge is 2.45. The van der Waals surface area contributed by atoms with Crippen LogP contribution in [0.25, 0.3) is 5.57 Å². The van der Waals surface area contributed by atoms with Crippen LogP contribution in [0.1, 0.15) is 19.4 Å². The summed E-state index contributed by atoms with van der Waals surface area (Å²) < 4.78 is 10.1. The largest absolute Gasteiger partial charge is 0.419 e. The van der Waals surface area contributed by atoms with Crippen LogP contribution in [-0.4, -0.2) is 30.7 Å². The Balaban J connectivity index is 2.21. The number of anilines is 1. The number of hydrogen-bond acceptors (Lipinski definition) is 5. The molecule has 0 bridgehead atoms. The van der Waals surface area contributed by atoms with Crippen LogP contribution in [0.2, 0.25) is 0 Å². The van der Waals surface area contributed by atoms with Crippen LogP contribution in [0.5, 0.6) is 0 Å². The van der Waals surface area contributed by atoms with Gasteiger partial charge in [0.2, 0.25) is 0 Å². The van der Waals surface area contributed by atoms with E-state index >= 15 is 0 Å². The van der Waals surface area contributed by atoms with E-state index in [9.17, 15) is 14.4 Å². The monoisotopic (exact) mass is 287 g/mol. The summed E-state index contributed by atoms with van der Waals surface area (Å²) in [7, 11) is 1.58. The molecule has 6 nitrogen and oxygen atoms in total. The Morgan fingerprint density at radius 1 is 0.952 bits per heavy atom. The van der Waals surface area contributed by atoms with Crippen molar-refractivity contribution in [1.82, 2.24) is 0 Å². The quantitative estimate of drug-likeness (QED) is 0.408. The third-order valence-electron chi connectivity index (χ3n) is 3.39. The van der Waals surface area contributed by atoms with Gasteiger partial charge in [0, 0.05) is 26.5 Å². The molecule has 2 aliphatic heterocycles. The summed E-state index contributed by atoms with van der Waals surface area (Å²) in [5, 5.41) is 0. The van der Waals surface area contributed by atoms with Gasteiger partial charge in [-0.25, -0.2) is 9.59 Å². The van der Waals surface area contributed by atoms with Gasteiger partial charge in [0.05, 0.1) is 11.3 Å². The van der Waals surface area contributed by atoms with Crippen molar-refractivity contribution in [2.45, 2.75) is 19.6 Å². The van der Waals surface area contributed by atoms with Gasteiger partial charge < -0.3 is 14.4 Å². The Bertz CT molecular complexity index is 695. The van der Waals surface area contributed by atoms with Gasteiger partial charge >= 0.3 is 11.9 Å². The van der Waals surface area contributed by atoms with E-state index < -0.39 is 23.6 Å². The summed E-state index contributed by atoms with van der Waals surface area (Å²) in [6.07, 6.45) is 0. The standard InChI is InChI=1S/C15H13NO5/c1-15(2)20-13(18)11(14(19)21-15)10-8-6-4-5-7-9(8)16(3)12(10)17/h4-7H,1-3H3. The molecule has 1 aromatic carbocycles. The van der Waals surface area contributed by atoms with Crippen molar-refractivity contribution >= 4 is 29.1 Å². The van der Waals surface area contributed by atoms with E-state index in [2.05, 4.69) is 0 Å². The summed E-state index contributed by atoms with van der Waals surface area (Å²) in [6, 6.07) is 6.93. The number of hydrogen-bond donors (Lipinski definition) is 0. The zero-order valence-corrected chi connectivity index (χ0v) is 11.8. The van der Waals surface area contributed by atoms with Crippen molar-refractivity contribution in [3.8, 4) is 0 Å². The molecule has 1 aromatic rings. The lowest BCUT2D eigenvalue weighted by Crippen LogP contribution is -2.42. The first-order valence-electron chi connectivity index (χ1n) is 6.40. The minimum Gasteiger partial charge on any atom is -0.419 e. The topological polar surface area (TPSA) is 72.9 Å². The average molecular weight is 287 g/mol. The average Bonchev–Trinajstić information content (AvgIpc) is 2.62. The number of carbonyl (C=O) groups excluding carboxylic acids is 3. The van der Waals surface area contributed by atoms with Gasteiger partial charge in [-0.1, -0.05) is 18.2 Å². The molecule has 1 saturated heterocycles. The van der Waals surface area contributed by atoms with Gasteiger partial charge in [-0.3, -0.25) is 4.79 Å². The van der Waals surface area contributed by atoms with E-state index in [1.807, 2.05) is 0 Å². The fraction of sp³-hybridized carbons (Fsp3) is 0.267. The van der Waals surface area contributed by atoms with Crippen molar-refractivity contribution in [1.29, 1.82) is 0 Å². The van der Waals surface area contributed by atoms with Gasteiger partial charge in [-0.2, -0.15) is 0 Å². The third kappa shape index (κ3) is 1.91. The van der Waals surface area contributed by atoms with E-state index in [0.29, 0.717) is 11.3 Å². The molecule has 1 fully saturated rings. The summed E-state index contributed by atoms with van der Waals surface area (Å²) >= 11 is 0. The lowest BCUT2D eigenvalue weighted by atomic mass is 10.0. The maximum atomic E-state index is 12.4. The first-order chi connectivity index (χ1) is 9.82. The molecule has 0 unspecified atom stereocenters. The second kappa shape index (κ2) is 4.18. The van der Waals surface area contributed by atoms with Gasteiger partial charge in [-0.15, -0.1) is 0 Å². The van der Waals surface area contributed by atoms with Crippen LogP contribution >= 0.6 is 0 Å². The van der Waals surface area contributed by atoms with Crippen LogP contribution in [0.4, 0.5) is 5.69 Å². The minimum absolute atomic E-state index is 0.0265. The normalized spacial score (nSPS) is 20.3. The Morgan fingerprint density at radius 2 is 1.52 bits per heavy atom. The maximum Gasteiger partial charge on any atom is 0.349 e. The highest BCUT2D eigenvalue weighted by Crippen LogP contribution is 2.39. The van der Waals surface area contributed by atoms with Gasteiger partial charge in [0.25, 0.3) is 11.7 Å². The molecule has 0 atom stereocenters. The van der Waals surface area contributed by atoms with Gasteiger partial charge in [0.15, 0.2) is 5.57 Å². The Kier molecular flexibility index (Phi) is 2.66. The number of fused-ring (bicyclic) bond motifs is 1. The number of esters is 2. The van der Waals surface area contributed by atoms with Crippen LogP contribution in [0.15, 0.2) is 29.8 Å². The molecule has 0 aromatic heterocycles. The van der Waals surface area contributed by atoms with Crippen molar-refractivity contribution in [2.24, 2.45) is 0 Å². The maximum absolute atomic E-state index is 12.4. The Labute approximate surface area is 120 Å². The third-order valence-corrected chi connectivity index (χ3v) is 3.39. The zero-order chi connectivity index (χ0) is 15.4. The number of rotatable bonds is 0. The number of benzene rings is 1. The van der Waals surface area contributed by atoms with Crippen LogP contribution < -0.4 is 4.90 Å². The zero-order valence-electron chi connectivity index (χ0n) is 11.8. The fourth-order valence-corrected chi connectivity index (χ4v) is 2.47. The molecule has 1 amide bonds. The first kappa shape index (κ1) is 13.4. The first-order valence-corrected chi connectivity index (χ1v) is 6.40. The smallest absolute Gasteiger partial charge is 0.349 e. The molecule has 0 saturated carbocycles. The molecule has 0 spiro atoms. The fourth-order valence-electron chi connectivity index (χ4n) is 2.47. The molecule has 0 N–H and O–H groups in total. The van der Waals surface area contributed by atoms with E-state index in [1.165, 1.54) is 18.7 Å². The molecular formula is C15H13NO5. The van der Waals surface area contributed by atoms with Crippen molar-refractivity contribution in [3.63, 3.8) is 0 Å². The predicted octanol–water partition coefficient (Wildman–Crippen LogP) is 1.25. The van der Waals surface area contributed by atoms with Crippen LogP contribution in [0, 0.1) is 0 Å². The number of carbonyl (C=O) groups is 3. The van der Waals surface area contributed by atoms with Crippen molar-refractivity contribution in [3.05, 3.63) is 35.4 Å². The predicted molar refractivity (Wildman–Crippen MR) is 73.0 cm³/mol. The number of nitrogens with zero attached hydrogens (tertiary/aromatic N) is 1. The molecule has 2 heterocycles. The van der Waals surface area contributed by atoms with E-state index in [4.69, 9.17) is 9.47 Å². The highest BCUT2D eigenvalue weighted by molar-refractivity contribution is 6.41. The number of cyclic esters (lactones) is 2. The van der Waals surface area contributed by atoms with Gasteiger partial charge in [0.1, 0.15) is 0 Å². The number of para-hydroxylation sites is 1. The Morgan fingerprint density at radius 3 is 2.14 bits per heavy atom. The van der Waals surface area contributed by atoms with Crippen LogP contribution in [-0.2, 0) is 23.9 Å². The van der Waals surface area contributed by atoms with Crippen molar-refractivity contribution < 1.29 is 23.9 Å².